The number of carbonyl (C=O) groups is 2. The second-order valence-corrected chi connectivity index (χ2v) is 4.67. The number of amides is 1. The molecule has 0 aromatic rings. The molecule has 1 fully saturated rings. The molecule has 21 heavy (non-hydrogen) atoms. The fraction of sp³-hybridized carbons (Fsp3) is 0.800. The third-order valence-corrected chi connectivity index (χ3v) is 3.18. The molecular formula is C10H12F6N2O3. The first kappa shape index (κ1) is 17.5. The minimum atomic E-state index is -5.05. The summed E-state index contributed by atoms with van der Waals surface area (Å²) in [6.07, 6.45) is -10.4. The van der Waals surface area contributed by atoms with E-state index in [1.807, 2.05) is 0 Å². The Kier molecular flexibility index (Phi) is 4.76. The van der Waals surface area contributed by atoms with Crippen molar-refractivity contribution in [1.29, 1.82) is 0 Å². The molecule has 0 bridgehead atoms. The molecule has 1 unspecified atom stereocenters. The molecule has 0 aliphatic carbocycles. The van der Waals surface area contributed by atoms with Crippen molar-refractivity contribution in [3.8, 4) is 0 Å². The maximum atomic E-state index is 12.8. The van der Waals surface area contributed by atoms with Gasteiger partial charge < -0.3 is 15.3 Å². The normalized spacial score (nSPS) is 23.4. The van der Waals surface area contributed by atoms with E-state index in [4.69, 9.17) is 5.11 Å². The molecule has 1 saturated heterocycles. The van der Waals surface area contributed by atoms with Crippen LogP contribution in [0.2, 0.25) is 0 Å². The van der Waals surface area contributed by atoms with Gasteiger partial charge in [0, 0.05) is 13.1 Å². The predicted octanol–water partition coefficient (Wildman–Crippen LogP) is 1.00. The molecule has 1 rings (SSSR count). The van der Waals surface area contributed by atoms with E-state index in [1.54, 1.807) is 5.32 Å². The fourth-order valence-electron chi connectivity index (χ4n) is 1.97. The Bertz CT molecular complexity index is 422. The van der Waals surface area contributed by atoms with Crippen LogP contribution in [0.4, 0.5) is 26.3 Å². The zero-order chi connectivity index (χ0) is 16.5. The Morgan fingerprint density at radius 3 is 2.14 bits per heavy atom. The van der Waals surface area contributed by atoms with Crippen LogP contribution in [0, 0.1) is 5.41 Å². The first-order valence-corrected chi connectivity index (χ1v) is 5.74. The average Bonchev–Trinajstić information content (AvgIpc) is 2.72. The number of hydrogen-bond acceptors (Lipinski definition) is 3. The van der Waals surface area contributed by atoms with Gasteiger partial charge in [0.2, 0.25) is 5.91 Å². The summed E-state index contributed by atoms with van der Waals surface area (Å²) in [5.74, 6) is -3.11. The van der Waals surface area contributed by atoms with E-state index in [1.165, 1.54) is 0 Å². The van der Waals surface area contributed by atoms with Crippen molar-refractivity contribution >= 4 is 11.9 Å². The van der Waals surface area contributed by atoms with Gasteiger partial charge in [-0.15, -0.1) is 0 Å². The summed E-state index contributed by atoms with van der Waals surface area (Å²) in [4.78, 5) is 23.0. The maximum Gasteiger partial charge on any atom is 0.406 e. The van der Waals surface area contributed by atoms with Crippen LogP contribution in [-0.4, -0.2) is 60.4 Å². The standard InChI is InChI=1S/C10H12F6N2O3/c11-9(12,13)4-17-3-6(19)18-2-1-8(5-18,7(20)21)10(14,15)16/h17H,1-5H2,(H,20,21). The highest BCUT2D eigenvalue weighted by molar-refractivity contribution is 5.82. The lowest BCUT2D eigenvalue weighted by atomic mass is 9.86. The van der Waals surface area contributed by atoms with Crippen LogP contribution in [-0.2, 0) is 9.59 Å². The number of likely N-dealkylation sites (tertiary alicyclic amines) is 1. The van der Waals surface area contributed by atoms with E-state index in [-0.39, 0.29) is 0 Å². The van der Waals surface area contributed by atoms with E-state index < -0.39 is 62.2 Å². The molecule has 122 valence electrons. The smallest absolute Gasteiger partial charge is 0.406 e. The van der Waals surface area contributed by atoms with Gasteiger partial charge in [0.1, 0.15) is 0 Å². The first-order valence-electron chi connectivity index (χ1n) is 5.74. The third kappa shape index (κ3) is 3.99. The monoisotopic (exact) mass is 322 g/mol. The SMILES string of the molecule is O=C(CNCC(F)(F)F)N1CCC(C(=O)O)(C(F)(F)F)C1. The summed E-state index contributed by atoms with van der Waals surface area (Å²) in [6.45, 7) is -3.85. The van der Waals surface area contributed by atoms with Crippen molar-refractivity contribution in [2.45, 2.75) is 18.8 Å². The number of nitrogens with zero attached hydrogens (tertiary/aromatic N) is 1. The predicted molar refractivity (Wildman–Crippen MR) is 56.2 cm³/mol. The number of carboxylic acid groups (broad SMARTS) is 1. The largest absolute Gasteiger partial charge is 0.481 e. The summed E-state index contributed by atoms with van der Waals surface area (Å²) < 4.78 is 74.0. The summed E-state index contributed by atoms with van der Waals surface area (Å²) >= 11 is 0. The third-order valence-electron chi connectivity index (χ3n) is 3.18. The van der Waals surface area contributed by atoms with E-state index in [9.17, 15) is 35.9 Å². The molecule has 0 aromatic heterocycles. The minimum Gasteiger partial charge on any atom is -0.481 e. The Labute approximate surface area is 114 Å². The highest BCUT2D eigenvalue weighted by Gasteiger charge is 2.64. The molecule has 0 saturated carbocycles. The molecular weight excluding hydrogens is 310 g/mol. The Morgan fingerprint density at radius 2 is 1.76 bits per heavy atom. The molecule has 2 N–H and O–H groups in total. The van der Waals surface area contributed by atoms with E-state index >= 15 is 0 Å². The number of hydrogen-bond donors (Lipinski definition) is 2. The number of carbonyl (C=O) groups excluding carboxylic acids is 1. The molecule has 1 heterocycles. The summed E-state index contributed by atoms with van der Waals surface area (Å²) in [5, 5.41) is 10.5. The van der Waals surface area contributed by atoms with Gasteiger partial charge in [-0.3, -0.25) is 9.59 Å². The quantitative estimate of drug-likeness (QED) is 0.758. The molecule has 0 radical (unpaired) electrons. The molecule has 0 spiro atoms. The van der Waals surface area contributed by atoms with Crippen molar-refractivity contribution in [2.24, 2.45) is 5.41 Å². The number of rotatable bonds is 4. The highest BCUT2D eigenvalue weighted by atomic mass is 19.4. The van der Waals surface area contributed by atoms with Crippen molar-refractivity contribution in [3.05, 3.63) is 0 Å². The Hall–Kier alpha value is -1.52. The van der Waals surface area contributed by atoms with Crippen LogP contribution in [0.3, 0.4) is 0 Å². The maximum absolute atomic E-state index is 12.8. The second-order valence-electron chi connectivity index (χ2n) is 4.67. The van der Waals surface area contributed by atoms with E-state index in [0.29, 0.717) is 4.90 Å². The molecule has 1 aliphatic heterocycles. The lowest BCUT2D eigenvalue weighted by Gasteiger charge is -2.27. The number of carboxylic acids is 1. The zero-order valence-electron chi connectivity index (χ0n) is 10.5. The van der Waals surface area contributed by atoms with Gasteiger partial charge in [-0.1, -0.05) is 0 Å². The van der Waals surface area contributed by atoms with Crippen LogP contribution in [0.25, 0.3) is 0 Å². The fourth-order valence-corrected chi connectivity index (χ4v) is 1.97. The van der Waals surface area contributed by atoms with Gasteiger partial charge in [-0.25, -0.2) is 0 Å². The highest BCUT2D eigenvalue weighted by Crippen LogP contribution is 2.45. The number of nitrogens with one attached hydrogen (secondary N) is 1. The first-order chi connectivity index (χ1) is 9.39. The van der Waals surface area contributed by atoms with Gasteiger partial charge in [0.05, 0.1) is 13.1 Å². The minimum absolute atomic E-state index is 0.474. The van der Waals surface area contributed by atoms with E-state index in [2.05, 4.69) is 0 Å². The summed E-state index contributed by atoms with van der Waals surface area (Å²) in [5.41, 5.74) is -3.06. The summed E-state index contributed by atoms with van der Waals surface area (Å²) in [6, 6.07) is 0. The molecule has 1 aliphatic rings. The van der Waals surface area contributed by atoms with Crippen molar-refractivity contribution in [2.75, 3.05) is 26.2 Å². The van der Waals surface area contributed by atoms with Crippen molar-refractivity contribution in [1.82, 2.24) is 10.2 Å². The molecule has 1 atom stereocenters. The molecule has 5 nitrogen and oxygen atoms in total. The Balaban J connectivity index is 2.64. The topological polar surface area (TPSA) is 69.6 Å². The Morgan fingerprint density at radius 1 is 1.19 bits per heavy atom. The molecule has 11 heteroatoms. The van der Waals surface area contributed by atoms with Crippen LogP contribution in [0.15, 0.2) is 0 Å². The van der Waals surface area contributed by atoms with Gasteiger partial charge in [0.25, 0.3) is 0 Å². The lowest BCUT2D eigenvalue weighted by molar-refractivity contribution is -0.227. The van der Waals surface area contributed by atoms with Crippen LogP contribution in [0.1, 0.15) is 6.42 Å². The van der Waals surface area contributed by atoms with Gasteiger partial charge in [-0.05, 0) is 6.42 Å². The lowest BCUT2D eigenvalue weighted by Crippen LogP contribution is -2.48. The molecule has 0 aromatic carbocycles. The van der Waals surface area contributed by atoms with Gasteiger partial charge in [-0.2, -0.15) is 26.3 Å². The summed E-state index contributed by atoms with van der Waals surface area (Å²) in [7, 11) is 0. The van der Waals surface area contributed by atoms with Gasteiger partial charge >= 0.3 is 18.3 Å². The average molecular weight is 322 g/mol. The van der Waals surface area contributed by atoms with Crippen LogP contribution < -0.4 is 5.32 Å². The van der Waals surface area contributed by atoms with E-state index in [0.717, 1.165) is 0 Å². The van der Waals surface area contributed by atoms with Crippen molar-refractivity contribution in [3.63, 3.8) is 0 Å². The van der Waals surface area contributed by atoms with Crippen LogP contribution >= 0.6 is 0 Å². The van der Waals surface area contributed by atoms with Crippen LogP contribution in [0.5, 0.6) is 0 Å². The second kappa shape index (κ2) is 5.70. The number of alkyl halides is 6. The number of halogens is 6. The van der Waals surface area contributed by atoms with Gasteiger partial charge in [0.15, 0.2) is 5.41 Å². The van der Waals surface area contributed by atoms with Crippen molar-refractivity contribution < 1.29 is 41.0 Å². The molecule has 1 amide bonds. The zero-order valence-corrected chi connectivity index (χ0v) is 10.5. The number of aliphatic carboxylic acids is 1.